The SMILES string of the molecule is NC1CN(c2cc3c(cc2F)c(=O)c(C(=O)O)cn3[C@@H]2C[C@@H]2F)CCC1=NOCc1ccccc1. The number of nitrogens with zero attached hydrogens (tertiary/aromatic N) is 3. The van der Waals surface area contributed by atoms with Crippen LogP contribution >= 0.6 is 0 Å². The molecule has 10 heteroatoms. The van der Waals surface area contributed by atoms with Gasteiger partial charge in [-0.1, -0.05) is 35.5 Å². The van der Waals surface area contributed by atoms with Gasteiger partial charge in [-0.05, 0) is 17.7 Å². The van der Waals surface area contributed by atoms with E-state index in [9.17, 15) is 19.1 Å². The smallest absolute Gasteiger partial charge is 0.341 e. The van der Waals surface area contributed by atoms with E-state index in [0.29, 0.717) is 30.8 Å². The number of hydrogen-bond donors (Lipinski definition) is 2. The summed E-state index contributed by atoms with van der Waals surface area (Å²) in [5, 5.41) is 13.5. The summed E-state index contributed by atoms with van der Waals surface area (Å²) >= 11 is 0. The van der Waals surface area contributed by atoms with E-state index in [4.69, 9.17) is 10.6 Å². The average Bonchev–Trinajstić information content (AvgIpc) is 3.57. The number of benzene rings is 2. The van der Waals surface area contributed by atoms with Crippen LogP contribution in [0.4, 0.5) is 14.5 Å². The van der Waals surface area contributed by atoms with Crippen LogP contribution in [-0.4, -0.2) is 46.7 Å². The molecule has 0 spiro atoms. The van der Waals surface area contributed by atoms with Crippen molar-refractivity contribution in [1.29, 1.82) is 0 Å². The summed E-state index contributed by atoms with van der Waals surface area (Å²) in [5.41, 5.74) is 7.12. The predicted molar refractivity (Wildman–Crippen MR) is 127 cm³/mol. The highest BCUT2D eigenvalue weighted by molar-refractivity contribution is 5.94. The van der Waals surface area contributed by atoms with Crippen molar-refractivity contribution in [2.75, 3.05) is 18.0 Å². The molecule has 2 aromatic carbocycles. The van der Waals surface area contributed by atoms with Crippen molar-refractivity contribution in [3.8, 4) is 0 Å². The van der Waals surface area contributed by atoms with Crippen molar-refractivity contribution >= 4 is 28.3 Å². The zero-order chi connectivity index (χ0) is 24.7. The normalized spacial score (nSPS) is 23.0. The number of aromatic carboxylic acids is 1. The molecule has 1 aliphatic carbocycles. The highest BCUT2D eigenvalue weighted by Gasteiger charge is 2.40. The lowest BCUT2D eigenvalue weighted by Crippen LogP contribution is -2.49. The van der Waals surface area contributed by atoms with Crippen LogP contribution in [0.5, 0.6) is 0 Å². The van der Waals surface area contributed by atoms with Crippen molar-refractivity contribution in [2.24, 2.45) is 10.9 Å². The van der Waals surface area contributed by atoms with E-state index < -0.39 is 41.0 Å². The second-order valence-electron chi connectivity index (χ2n) is 8.87. The summed E-state index contributed by atoms with van der Waals surface area (Å²) < 4.78 is 30.5. The van der Waals surface area contributed by atoms with Crippen LogP contribution in [0.3, 0.4) is 0 Å². The summed E-state index contributed by atoms with van der Waals surface area (Å²) in [6.07, 6.45) is 0.665. The lowest BCUT2D eigenvalue weighted by Gasteiger charge is -2.33. The van der Waals surface area contributed by atoms with Gasteiger partial charge in [0, 0.05) is 37.5 Å². The lowest BCUT2D eigenvalue weighted by atomic mass is 10.0. The molecule has 2 heterocycles. The molecule has 8 nitrogen and oxygen atoms in total. The van der Waals surface area contributed by atoms with Gasteiger partial charge in [-0.2, -0.15) is 0 Å². The molecule has 5 rings (SSSR count). The minimum atomic E-state index is -1.44. The monoisotopic (exact) mass is 482 g/mol. The first-order chi connectivity index (χ1) is 16.8. The number of rotatable bonds is 6. The first-order valence-corrected chi connectivity index (χ1v) is 11.3. The van der Waals surface area contributed by atoms with E-state index in [1.54, 1.807) is 4.90 Å². The van der Waals surface area contributed by atoms with Crippen molar-refractivity contribution in [2.45, 2.75) is 37.7 Å². The minimum Gasteiger partial charge on any atom is -0.477 e. The maximum atomic E-state index is 15.1. The number of carboxylic acid groups (broad SMARTS) is 1. The minimum absolute atomic E-state index is 0.0943. The molecular formula is C25H24F2N4O4. The van der Waals surface area contributed by atoms with Gasteiger partial charge in [0.15, 0.2) is 0 Å². The van der Waals surface area contributed by atoms with Crippen LogP contribution in [0, 0.1) is 5.82 Å². The van der Waals surface area contributed by atoms with Crippen LogP contribution in [0.25, 0.3) is 10.9 Å². The maximum Gasteiger partial charge on any atom is 0.341 e. The Kier molecular flexibility index (Phi) is 5.98. The van der Waals surface area contributed by atoms with E-state index in [0.717, 1.165) is 17.8 Å². The number of fused-ring (bicyclic) bond motifs is 1. The standard InChI is InChI=1S/C25H24F2N4O4/c26-17-8-15-21(31(23-9-18(23)27)11-16(24(15)32)25(33)34)10-22(17)30-7-6-20(19(28)12-30)29-35-13-14-4-2-1-3-5-14/h1-5,8,10-11,18-19,23H,6-7,9,12-13,28H2,(H,33,34)/t18-,19?,23+/m0/s1. The van der Waals surface area contributed by atoms with Gasteiger partial charge in [-0.15, -0.1) is 0 Å². The van der Waals surface area contributed by atoms with Crippen LogP contribution in [0.1, 0.15) is 34.8 Å². The van der Waals surface area contributed by atoms with Crippen molar-refractivity contribution < 1.29 is 23.5 Å². The number of anilines is 1. The van der Waals surface area contributed by atoms with Gasteiger partial charge < -0.3 is 25.1 Å². The molecule has 2 aliphatic rings. The molecular weight excluding hydrogens is 458 g/mol. The first kappa shape index (κ1) is 23.0. The number of aromatic nitrogens is 1. The first-order valence-electron chi connectivity index (χ1n) is 11.3. The molecule has 1 aliphatic heterocycles. The van der Waals surface area contributed by atoms with Gasteiger partial charge in [-0.3, -0.25) is 4.79 Å². The van der Waals surface area contributed by atoms with Crippen molar-refractivity contribution in [3.05, 3.63) is 75.8 Å². The van der Waals surface area contributed by atoms with E-state index in [2.05, 4.69) is 5.16 Å². The summed E-state index contributed by atoms with van der Waals surface area (Å²) in [5.74, 6) is -2.11. The molecule has 182 valence electrons. The molecule has 2 fully saturated rings. The fourth-order valence-corrected chi connectivity index (χ4v) is 4.43. The molecule has 1 saturated heterocycles. The Bertz CT molecular complexity index is 1380. The third kappa shape index (κ3) is 4.49. The molecule has 3 aromatic rings. The Morgan fingerprint density at radius 3 is 2.66 bits per heavy atom. The highest BCUT2D eigenvalue weighted by Crippen LogP contribution is 2.41. The predicted octanol–water partition coefficient (Wildman–Crippen LogP) is 3.23. The summed E-state index contributed by atoms with van der Waals surface area (Å²) in [6, 6.07) is 11.0. The number of hydrogen-bond acceptors (Lipinski definition) is 6. The van der Waals surface area contributed by atoms with E-state index in [-0.39, 0.29) is 24.0 Å². The molecule has 0 radical (unpaired) electrons. The van der Waals surface area contributed by atoms with Gasteiger partial charge >= 0.3 is 5.97 Å². The molecule has 0 amide bonds. The van der Waals surface area contributed by atoms with E-state index >= 15 is 4.39 Å². The largest absolute Gasteiger partial charge is 0.477 e. The number of nitrogens with two attached hydrogens (primary N) is 1. The molecule has 1 unspecified atom stereocenters. The number of oxime groups is 1. The quantitative estimate of drug-likeness (QED) is 0.522. The zero-order valence-corrected chi connectivity index (χ0v) is 18.7. The Morgan fingerprint density at radius 2 is 2.00 bits per heavy atom. The summed E-state index contributed by atoms with van der Waals surface area (Å²) in [6.45, 7) is 0.992. The van der Waals surface area contributed by atoms with Crippen LogP contribution in [-0.2, 0) is 11.4 Å². The third-order valence-corrected chi connectivity index (χ3v) is 6.45. The highest BCUT2D eigenvalue weighted by atomic mass is 19.1. The van der Waals surface area contributed by atoms with Gasteiger partial charge in [0.25, 0.3) is 0 Å². The lowest BCUT2D eigenvalue weighted by molar-refractivity contribution is 0.0694. The van der Waals surface area contributed by atoms with Crippen molar-refractivity contribution in [1.82, 2.24) is 4.57 Å². The molecule has 1 saturated carbocycles. The van der Waals surface area contributed by atoms with Crippen molar-refractivity contribution in [3.63, 3.8) is 0 Å². The number of carbonyl (C=O) groups is 1. The molecule has 3 N–H and O–H groups in total. The number of piperidine rings is 1. The third-order valence-electron chi connectivity index (χ3n) is 6.45. The fourth-order valence-electron chi connectivity index (χ4n) is 4.43. The second-order valence-corrected chi connectivity index (χ2v) is 8.87. The molecule has 35 heavy (non-hydrogen) atoms. The summed E-state index contributed by atoms with van der Waals surface area (Å²) in [4.78, 5) is 31.4. The topological polar surface area (TPSA) is 110 Å². The Balaban J connectivity index is 1.41. The Morgan fingerprint density at radius 1 is 1.26 bits per heavy atom. The van der Waals surface area contributed by atoms with Crippen LogP contribution in [0.2, 0.25) is 0 Å². The van der Waals surface area contributed by atoms with Crippen LogP contribution < -0.4 is 16.1 Å². The zero-order valence-electron chi connectivity index (χ0n) is 18.7. The number of carboxylic acids is 1. The number of pyridine rings is 1. The average molecular weight is 482 g/mol. The van der Waals surface area contributed by atoms with E-state index in [1.165, 1.54) is 10.6 Å². The number of halogens is 2. The Hall–Kier alpha value is -3.79. The van der Waals surface area contributed by atoms with Gasteiger partial charge in [-0.25, -0.2) is 13.6 Å². The molecule has 3 atom stereocenters. The number of alkyl halides is 1. The summed E-state index contributed by atoms with van der Waals surface area (Å²) in [7, 11) is 0. The molecule has 0 bridgehead atoms. The Labute approximate surface area is 199 Å². The van der Waals surface area contributed by atoms with E-state index in [1.807, 2.05) is 30.3 Å². The molecule has 1 aromatic heterocycles. The van der Waals surface area contributed by atoms with Gasteiger partial charge in [0.2, 0.25) is 5.43 Å². The van der Waals surface area contributed by atoms with Crippen LogP contribution in [0.15, 0.2) is 58.6 Å². The second kappa shape index (κ2) is 9.10. The van der Waals surface area contributed by atoms with Gasteiger partial charge in [0.1, 0.15) is 24.2 Å². The maximum absolute atomic E-state index is 15.1. The fraction of sp³-hybridized carbons (Fsp3) is 0.320. The van der Waals surface area contributed by atoms with Gasteiger partial charge in [0.05, 0.1) is 29.0 Å².